The Kier molecular flexibility index (Phi) is 4.70. The van der Waals surface area contributed by atoms with E-state index in [9.17, 15) is 4.39 Å². The summed E-state index contributed by atoms with van der Waals surface area (Å²) in [5, 5.41) is 0. The summed E-state index contributed by atoms with van der Waals surface area (Å²) in [4.78, 5) is 7.29. The minimum absolute atomic E-state index is 0.227. The third-order valence-corrected chi connectivity index (χ3v) is 5.52. The van der Waals surface area contributed by atoms with Crippen LogP contribution in [-0.4, -0.2) is 28.1 Å². The van der Waals surface area contributed by atoms with Crippen molar-refractivity contribution in [3.8, 4) is 17.1 Å². The van der Waals surface area contributed by atoms with Crippen LogP contribution in [0.25, 0.3) is 11.4 Å². The molecule has 0 amide bonds. The molecule has 0 spiro atoms. The molecular weight excluding hydrogens is 341 g/mol. The number of hydrogen-bond acceptors (Lipinski definition) is 3. The van der Waals surface area contributed by atoms with Crippen LogP contribution in [0.5, 0.6) is 5.75 Å². The van der Waals surface area contributed by atoms with E-state index in [2.05, 4.69) is 28.5 Å². The maximum absolute atomic E-state index is 13.2. The van der Waals surface area contributed by atoms with E-state index in [1.54, 1.807) is 19.2 Å². The number of ether oxygens (including phenoxy) is 1. The Balaban J connectivity index is 1.62. The Hall–Kier alpha value is -2.66. The molecule has 3 aromatic rings. The lowest BCUT2D eigenvalue weighted by molar-refractivity contribution is 0.183. The van der Waals surface area contributed by atoms with Crippen molar-refractivity contribution < 1.29 is 9.13 Å². The molecule has 2 heterocycles. The fourth-order valence-corrected chi connectivity index (χ4v) is 3.90. The van der Waals surface area contributed by atoms with Gasteiger partial charge in [0.25, 0.3) is 0 Å². The summed E-state index contributed by atoms with van der Waals surface area (Å²) < 4.78 is 20.9. The van der Waals surface area contributed by atoms with E-state index in [0.29, 0.717) is 0 Å². The first-order chi connectivity index (χ1) is 13.1. The first kappa shape index (κ1) is 17.7. The second-order valence-electron chi connectivity index (χ2n) is 7.03. The fourth-order valence-electron chi connectivity index (χ4n) is 3.90. The zero-order valence-corrected chi connectivity index (χ0v) is 15.9. The van der Waals surface area contributed by atoms with Gasteiger partial charge in [0.1, 0.15) is 17.4 Å². The second-order valence-corrected chi connectivity index (χ2v) is 7.03. The number of methoxy groups -OCH3 is 1. The van der Waals surface area contributed by atoms with Gasteiger partial charge in [-0.1, -0.05) is 18.2 Å². The topological polar surface area (TPSA) is 30.3 Å². The molecule has 0 radical (unpaired) electrons. The van der Waals surface area contributed by atoms with Gasteiger partial charge in [-0.15, -0.1) is 0 Å². The third kappa shape index (κ3) is 3.23. The highest BCUT2D eigenvalue weighted by atomic mass is 19.1. The van der Waals surface area contributed by atoms with Crippen LogP contribution in [0.1, 0.15) is 29.9 Å². The maximum atomic E-state index is 13.2. The van der Waals surface area contributed by atoms with E-state index in [4.69, 9.17) is 9.72 Å². The molecule has 1 aliphatic heterocycles. The van der Waals surface area contributed by atoms with E-state index < -0.39 is 0 Å². The van der Waals surface area contributed by atoms with Crippen molar-refractivity contribution in [1.82, 2.24) is 14.5 Å². The van der Waals surface area contributed by atoms with E-state index in [1.165, 1.54) is 23.4 Å². The third-order valence-electron chi connectivity index (χ3n) is 5.52. The molecule has 5 heteroatoms. The predicted octanol–water partition coefficient (Wildman–Crippen LogP) is 4.35. The van der Waals surface area contributed by atoms with Crippen LogP contribution in [0.4, 0.5) is 4.39 Å². The Bertz CT molecular complexity index is 949. The minimum atomic E-state index is -0.227. The molecule has 27 heavy (non-hydrogen) atoms. The van der Waals surface area contributed by atoms with Crippen LogP contribution in [0.3, 0.4) is 0 Å². The average molecular weight is 365 g/mol. The van der Waals surface area contributed by atoms with Gasteiger partial charge < -0.3 is 9.30 Å². The van der Waals surface area contributed by atoms with Gasteiger partial charge in [0.05, 0.1) is 18.5 Å². The van der Waals surface area contributed by atoms with Crippen molar-refractivity contribution in [3.05, 3.63) is 71.3 Å². The number of nitrogens with zero attached hydrogens (tertiary/aromatic N) is 3. The smallest absolute Gasteiger partial charge is 0.140 e. The number of fused-ring (bicyclic) bond motifs is 1. The predicted molar refractivity (Wildman–Crippen MR) is 104 cm³/mol. The summed E-state index contributed by atoms with van der Waals surface area (Å²) in [5.74, 6) is 1.59. The second kappa shape index (κ2) is 7.16. The van der Waals surface area contributed by atoms with Gasteiger partial charge in [0, 0.05) is 43.7 Å². The van der Waals surface area contributed by atoms with Crippen LogP contribution in [0, 0.1) is 5.82 Å². The van der Waals surface area contributed by atoms with E-state index in [-0.39, 0.29) is 11.9 Å². The standard InChI is InChI=1S/C22H24FN3O/c1-15(18-6-4-5-7-21(18)27-3)26-13-12-19-20(14-26)25(2)22(24-19)16-8-10-17(23)11-9-16/h4-11,15H,12-14H2,1-3H3. The molecular formula is C22H24FN3O. The van der Waals surface area contributed by atoms with Crippen LogP contribution >= 0.6 is 0 Å². The van der Waals surface area contributed by atoms with Crippen molar-refractivity contribution in [2.45, 2.75) is 25.9 Å². The van der Waals surface area contributed by atoms with Crippen molar-refractivity contribution in [1.29, 1.82) is 0 Å². The van der Waals surface area contributed by atoms with Crippen LogP contribution in [0.15, 0.2) is 48.5 Å². The van der Waals surface area contributed by atoms with Gasteiger partial charge >= 0.3 is 0 Å². The molecule has 1 aliphatic rings. The van der Waals surface area contributed by atoms with E-state index in [1.807, 2.05) is 19.2 Å². The molecule has 1 atom stereocenters. The van der Waals surface area contributed by atoms with Crippen molar-refractivity contribution in [3.63, 3.8) is 0 Å². The number of para-hydroxylation sites is 1. The molecule has 4 rings (SSSR count). The van der Waals surface area contributed by atoms with Crippen molar-refractivity contribution in [2.75, 3.05) is 13.7 Å². The zero-order valence-electron chi connectivity index (χ0n) is 15.9. The first-order valence-electron chi connectivity index (χ1n) is 9.26. The van der Waals surface area contributed by atoms with Gasteiger partial charge in [0.15, 0.2) is 0 Å². The van der Waals surface area contributed by atoms with E-state index in [0.717, 1.165) is 42.3 Å². The largest absolute Gasteiger partial charge is 0.496 e. The Morgan fingerprint density at radius 2 is 1.85 bits per heavy atom. The Labute approximate surface area is 159 Å². The molecule has 0 aliphatic carbocycles. The fraction of sp³-hybridized carbons (Fsp3) is 0.318. The Morgan fingerprint density at radius 3 is 2.59 bits per heavy atom. The SMILES string of the molecule is COc1ccccc1C(C)N1CCc2nc(-c3ccc(F)cc3)n(C)c2C1. The number of hydrogen-bond donors (Lipinski definition) is 0. The van der Waals surface area contributed by atoms with Gasteiger partial charge in [-0.3, -0.25) is 4.90 Å². The van der Waals surface area contributed by atoms with Crippen LogP contribution in [0.2, 0.25) is 0 Å². The molecule has 0 fully saturated rings. The summed E-state index contributed by atoms with van der Waals surface area (Å²) in [6.07, 6.45) is 0.907. The number of aromatic nitrogens is 2. The molecule has 1 unspecified atom stereocenters. The van der Waals surface area contributed by atoms with Crippen molar-refractivity contribution >= 4 is 0 Å². The molecule has 0 bridgehead atoms. The molecule has 140 valence electrons. The average Bonchev–Trinajstić information content (AvgIpc) is 3.04. The number of rotatable bonds is 4. The molecule has 0 N–H and O–H groups in total. The van der Waals surface area contributed by atoms with Gasteiger partial charge in [-0.25, -0.2) is 9.37 Å². The summed E-state index contributed by atoms with van der Waals surface area (Å²) >= 11 is 0. The molecule has 2 aromatic carbocycles. The summed E-state index contributed by atoms with van der Waals surface area (Å²) in [6.45, 7) is 4.01. The van der Waals surface area contributed by atoms with Gasteiger partial charge in [-0.05, 0) is 37.3 Å². The summed E-state index contributed by atoms with van der Waals surface area (Å²) in [7, 11) is 3.76. The highest BCUT2D eigenvalue weighted by Gasteiger charge is 2.27. The zero-order chi connectivity index (χ0) is 19.0. The monoisotopic (exact) mass is 365 g/mol. The maximum Gasteiger partial charge on any atom is 0.140 e. The first-order valence-corrected chi connectivity index (χ1v) is 9.26. The number of benzene rings is 2. The number of imidazole rings is 1. The Morgan fingerprint density at radius 1 is 1.11 bits per heavy atom. The normalized spacial score (nSPS) is 15.4. The van der Waals surface area contributed by atoms with Crippen LogP contribution < -0.4 is 4.74 Å². The highest BCUT2D eigenvalue weighted by Crippen LogP contribution is 2.33. The lowest BCUT2D eigenvalue weighted by atomic mass is 10.0. The molecule has 4 nitrogen and oxygen atoms in total. The highest BCUT2D eigenvalue weighted by molar-refractivity contribution is 5.57. The number of halogens is 1. The molecule has 0 saturated carbocycles. The lowest BCUT2D eigenvalue weighted by Crippen LogP contribution is -2.33. The lowest BCUT2D eigenvalue weighted by Gasteiger charge is -2.33. The quantitative estimate of drug-likeness (QED) is 0.688. The molecule has 0 saturated heterocycles. The molecule has 1 aromatic heterocycles. The van der Waals surface area contributed by atoms with Gasteiger partial charge in [-0.2, -0.15) is 0 Å². The van der Waals surface area contributed by atoms with Gasteiger partial charge in [0.2, 0.25) is 0 Å². The summed E-state index contributed by atoms with van der Waals surface area (Å²) in [5.41, 5.74) is 4.50. The minimum Gasteiger partial charge on any atom is -0.496 e. The van der Waals surface area contributed by atoms with Crippen LogP contribution in [-0.2, 0) is 20.0 Å². The van der Waals surface area contributed by atoms with Crippen molar-refractivity contribution in [2.24, 2.45) is 7.05 Å². The summed E-state index contributed by atoms with van der Waals surface area (Å²) in [6, 6.07) is 15.0. The van der Waals surface area contributed by atoms with E-state index >= 15 is 0 Å².